The van der Waals surface area contributed by atoms with Crippen LogP contribution in [0, 0.1) is 0 Å². The summed E-state index contributed by atoms with van der Waals surface area (Å²) in [6.07, 6.45) is 1.82. The normalized spacial score (nSPS) is 13.9. The summed E-state index contributed by atoms with van der Waals surface area (Å²) in [5.41, 5.74) is 5.01. The van der Waals surface area contributed by atoms with Crippen LogP contribution in [-0.2, 0) is 40.7 Å². The quantitative estimate of drug-likeness (QED) is 0.500. The maximum absolute atomic E-state index is 12.9. The predicted octanol–water partition coefficient (Wildman–Crippen LogP) is 3.75. The average Bonchev–Trinajstić information content (AvgIpc) is 3.36. The lowest BCUT2D eigenvalue weighted by Crippen LogP contribution is -2.27. The number of aromatic nitrogens is 2. The minimum Gasteiger partial charge on any atom is -0.332 e. The standard InChI is InChI=1S/C25H29N5O3S/c1-25(2,3)18-9-7-17(8-10-18)24(32)26-23-20-14-30(15-21(20)27-28-23)22(31)13-16-5-11-19(12-6-16)29-34(4)33/h5-12,29H,13-15H2,1-4H3,(H2,26,27,28,32). The van der Waals surface area contributed by atoms with Gasteiger partial charge in [0, 0.05) is 23.1 Å². The molecule has 1 unspecified atom stereocenters. The molecule has 1 aliphatic heterocycles. The molecule has 1 aromatic heterocycles. The first-order valence-electron chi connectivity index (χ1n) is 11.0. The SMILES string of the molecule is CS(=O)Nc1ccc(CC(=O)N2Cc3[nH]nc(NC(=O)c4ccc(C(C)(C)C)cc4)c3C2)cc1. The molecule has 0 bridgehead atoms. The molecule has 3 N–H and O–H groups in total. The summed E-state index contributed by atoms with van der Waals surface area (Å²) in [4.78, 5) is 27.3. The lowest BCUT2D eigenvalue weighted by Gasteiger charge is -2.19. The van der Waals surface area contributed by atoms with Crippen molar-refractivity contribution in [1.82, 2.24) is 15.1 Å². The van der Waals surface area contributed by atoms with E-state index >= 15 is 0 Å². The zero-order valence-electron chi connectivity index (χ0n) is 19.8. The molecule has 8 nitrogen and oxygen atoms in total. The fourth-order valence-electron chi connectivity index (χ4n) is 3.86. The second kappa shape index (κ2) is 9.42. The third-order valence-electron chi connectivity index (χ3n) is 5.82. The fraction of sp³-hybridized carbons (Fsp3) is 0.320. The Hall–Kier alpha value is -3.46. The monoisotopic (exact) mass is 479 g/mol. The van der Waals surface area contributed by atoms with Crippen LogP contribution in [0.5, 0.6) is 0 Å². The van der Waals surface area contributed by atoms with Crippen LogP contribution < -0.4 is 10.0 Å². The Balaban J connectivity index is 1.37. The molecule has 1 aliphatic rings. The Bertz CT molecular complexity index is 1230. The maximum atomic E-state index is 12.9. The number of nitrogens with one attached hydrogen (secondary N) is 3. The molecule has 2 amide bonds. The zero-order chi connectivity index (χ0) is 24.5. The van der Waals surface area contributed by atoms with Crippen LogP contribution in [0.25, 0.3) is 0 Å². The highest BCUT2D eigenvalue weighted by Crippen LogP contribution is 2.28. The Labute approximate surface area is 201 Å². The number of anilines is 2. The summed E-state index contributed by atoms with van der Waals surface area (Å²) in [7, 11) is -1.14. The number of nitrogens with zero attached hydrogens (tertiary/aromatic N) is 2. The molecule has 2 heterocycles. The number of aromatic amines is 1. The minimum atomic E-state index is -1.14. The van der Waals surface area contributed by atoms with Crippen molar-refractivity contribution in [3.63, 3.8) is 0 Å². The predicted molar refractivity (Wildman–Crippen MR) is 134 cm³/mol. The van der Waals surface area contributed by atoms with E-state index in [4.69, 9.17) is 0 Å². The van der Waals surface area contributed by atoms with E-state index < -0.39 is 11.0 Å². The molecule has 178 valence electrons. The van der Waals surface area contributed by atoms with Crippen LogP contribution in [0.4, 0.5) is 11.5 Å². The fourth-order valence-corrected chi connectivity index (χ4v) is 4.33. The number of hydrogen-bond acceptors (Lipinski definition) is 4. The Kier molecular flexibility index (Phi) is 6.56. The number of carbonyl (C=O) groups excluding carboxylic acids is 2. The summed E-state index contributed by atoms with van der Waals surface area (Å²) in [6.45, 7) is 7.20. The van der Waals surface area contributed by atoms with Crippen LogP contribution in [0.15, 0.2) is 48.5 Å². The molecule has 4 rings (SSSR count). The van der Waals surface area contributed by atoms with E-state index in [1.165, 1.54) is 0 Å². The van der Waals surface area contributed by atoms with Gasteiger partial charge in [0.25, 0.3) is 5.91 Å². The first-order valence-corrected chi connectivity index (χ1v) is 12.6. The maximum Gasteiger partial charge on any atom is 0.256 e. The van der Waals surface area contributed by atoms with Crippen LogP contribution >= 0.6 is 0 Å². The topological polar surface area (TPSA) is 107 Å². The molecule has 9 heteroatoms. The largest absolute Gasteiger partial charge is 0.332 e. The number of H-pyrrole nitrogens is 1. The zero-order valence-corrected chi connectivity index (χ0v) is 20.6. The Morgan fingerprint density at radius 2 is 1.74 bits per heavy atom. The van der Waals surface area contributed by atoms with E-state index in [0.29, 0.717) is 24.5 Å². The minimum absolute atomic E-state index is 0.0144. The Morgan fingerprint density at radius 3 is 2.35 bits per heavy atom. The van der Waals surface area contributed by atoms with Gasteiger partial charge in [-0.25, -0.2) is 4.21 Å². The second-order valence-electron chi connectivity index (χ2n) is 9.49. The molecular weight excluding hydrogens is 450 g/mol. The summed E-state index contributed by atoms with van der Waals surface area (Å²) in [5.74, 6) is 0.207. The molecule has 2 aromatic carbocycles. The molecule has 0 aliphatic carbocycles. The van der Waals surface area contributed by atoms with E-state index in [-0.39, 0.29) is 23.7 Å². The average molecular weight is 480 g/mol. The van der Waals surface area contributed by atoms with Crippen LogP contribution in [0.1, 0.15) is 53.5 Å². The van der Waals surface area contributed by atoms with Gasteiger partial charge < -0.3 is 14.9 Å². The van der Waals surface area contributed by atoms with Gasteiger partial charge in [-0.2, -0.15) is 5.10 Å². The smallest absolute Gasteiger partial charge is 0.256 e. The number of carbonyl (C=O) groups is 2. The van der Waals surface area contributed by atoms with Gasteiger partial charge in [-0.1, -0.05) is 45.0 Å². The van der Waals surface area contributed by atoms with Gasteiger partial charge in [0.05, 0.1) is 25.2 Å². The van der Waals surface area contributed by atoms with Gasteiger partial charge in [0.1, 0.15) is 11.0 Å². The van der Waals surface area contributed by atoms with Crippen LogP contribution in [0.2, 0.25) is 0 Å². The third-order valence-corrected chi connectivity index (χ3v) is 6.34. The third kappa shape index (κ3) is 5.36. The second-order valence-corrected chi connectivity index (χ2v) is 10.6. The van der Waals surface area contributed by atoms with Crippen molar-refractivity contribution in [2.45, 2.75) is 45.7 Å². The number of amides is 2. The van der Waals surface area contributed by atoms with Gasteiger partial charge >= 0.3 is 0 Å². The molecule has 0 fully saturated rings. The van der Waals surface area contributed by atoms with Crippen molar-refractivity contribution >= 4 is 34.3 Å². The Morgan fingerprint density at radius 1 is 1.06 bits per heavy atom. The highest BCUT2D eigenvalue weighted by molar-refractivity contribution is 7.85. The van der Waals surface area contributed by atoms with Crippen molar-refractivity contribution in [2.24, 2.45) is 0 Å². The van der Waals surface area contributed by atoms with E-state index in [1.54, 1.807) is 11.2 Å². The van der Waals surface area contributed by atoms with E-state index in [9.17, 15) is 13.8 Å². The number of hydrogen-bond donors (Lipinski definition) is 3. The van der Waals surface area contributed by atoms with Gasteiger partial charge in [-0.05, 0) is 40.8 Å². The molecule has 1 atom stereocenters. The van der Waals surface area contributed by atoms with Crippen molar-refractivity contribution in [1.29, 1.82) is 0 Å². The van der Waals surface area contributed by atoms with Crippen molar-refractivity contribution < 1.29 is 13.8 Å². The summed E-state index contributed by atoms with van der Waals surface area (Å²) in [6, 6.07) is 14.9. The highest BCUT2D eigenvalue weighted by atomic mass is 32.2. The molecular formula is C25H29N5O3S. The summed E-state index contributed by atoms with van der Waals surface area (Å²) < 4.78 is 14.1. The lowest BCUT2D eigenvalue weighted by atomic mass is 9.87. The van der Waals surface area contributed by atoms with E-state index in [2.05, 4.69) is 41.0 Å². The first kappa shape index (κ1) is 23.7. The molecule has 3 aromatic rings. The summed E-state index contributed by atoms with van der Waals surface area (Å²) >= 11 is 0. The molecule has 0 spiro atoms. The highest BCUT2D eigenvalue weighted by Gasteiger charge is 2.29. The molecule has 0 saturated carbocycles. The molecule has 34 heavy (non-hydrogen) atoms. The first-order chi connectivity index (χ1) is 16.1. The molecule has 0 saturated heterocycles. The van der Waals surface area contributed by atoms with Gasteiger partial charge in [-0.15, -0.1) is 0 Å². The van der Waals surface area contributed by atoms with Crippen molar-refractivity contribution in [2.75, 3.05) is 16.3 Å². The number of benzene rings is 2. The molecule has 0 radical (unpaired) electrons. The lowest BCUT2D eigenvalue weighted by molar-refractivity contribution is -0.131. The summed E-state index contributed by atoms with van der Waals surface area (Å²) in [5, 5.41) is 10.1. The number of rotatable bonds is 6. The van der Waals surface area contributed by atoms with Gasteiger partial charge in [0.15, 0.2) is 5.82 Å². The van der Waals surface area contributed by atoms with Crippen molar-refractivity contribution in [3.05, 3.63) is 76.5 Å². The van der Waals surface area contributed by atoms with Gasteiger partial charge in [-0.3, -0.25) is 14.7 Å². The number of fused-ring (bicyclic) bond motifs is 1. The van der Waals surface area contributed by atoms with Crippen molar-refractivity contribution in [3.8, 4) is 0 Å². The van der Waals surface area contributed by atoms with E-state index in [0.717, 1.165) is 28.1 Å². The van der Waals surface area contributed by atoms with Gasteiger partial charge in [0.2, 0.25) is 5.91 Å². The van der Waals surface area contributed by atoms with E-state index in [1.807, 2.05) is 48.5 Å². The van der Waals surface area contributed by atoms with Crippen LogP contribution in [-0.4, -0.2) is 37.4 Å². The van der Waals surface area contributed by atoms with Crippen LogP contribution in [0.3, 0.4) is 0 Å².